The van der Waals surface area contributed by atoms with Gasteiger partial charge in [0.25, 0.3) is 0 Å². The van der Waals surface area contributed by atoms with E-state index in [4.69, 9.17) is 11.6 Å². The average Bonchev–Trinajstić information content (AvgIpc) is 3.10. The fourth-order valence-electron chi connectivity index (χ4n) is 5.03. The van der Waals surface area contributed by atoms with Crippen LogP contribution in [0.5, 0.6) is 0 Å². The van der Waals surface area contributed by atoms with Gasteiger partial charge >= 0.3 is 0 Å². The smallest absolute Gasteiger partial charge is 0.243 e. The predicted octanol–water partition coefficient (Wildman–Crippen LogP) is 3.58. The summed E-state index contributed by atoms with van der Waals surface area (Å²) in [7, 11) is -3.31. The van der Waals surface area contributed by atoms with Gasteiger partial charge in [0, 0.05) is 37.7 Å². The van der Waals surface area contributed by atoms with Crippen LogP contribution in [0.4, 0.5) is 0 Å². The number of benzene rings is 2. The Labute approximate surface area is 165 Å². The number of rotatable bonds is 4. The van der Waals surface area contributed by atoms with Crippen LogP contribution in [0.3, 0.4) is 0 Å². The molecule has 0 unspecified atom stereocenters. The predicted molar refractivity (Wildman–Crippen MR) is 106 cm³/mol. The molecule has 0 aromatic heterocycles. The van der Waals surface area contributed by atoms with Gasteiger partial charge in [-0.2, -0.15) is 4.31 Å². The first-order chi connectivity index (χ1) is 13.0. The van der Waals surface area contributed by atoms with Crippen LogP contribution in [0.15, 0.2) is 53.4 Å². The normalized spacial score (nSPS) is 29.3. The number of halogens is 1. The Morgan fingerprint density at radius 1 is 1.00 bits per heavy atom. The summed E-state index contributed by atoms with van der Waals surface area (Å²) in [5.41, 5.74) is 2.31. The number of fused-ring (bicyclic) bond motifs is 2. The summed E-state index contributed by atoms with van der Waals surface area (Å²) in [5, 5.41) is 0.787. The Morgan fingerprint density at radius 2 is 1.78 bits per heavy atom. The number of likely N-dealkylation sites (tertiary alicyclic amines) is 1. The molecule has 5 rings (SSSR count). The molecule has 2 heterocycles. The van der Waals surface area contributed by atoms with Crippen molar-refractivity contribution in [3.63, 3.8) is 0 Å². The third-order valence-electron chi connectivity index (χ3n) is 6.54. The van der Waals surface area contributed by atoms with Gasteiger partial charge in [-0.15, -0.1) is 0 Å². The summed E-state index contributed by atoms with van der Waals surface area (Å²) in [6, 6.07) is 15.6. The molecule has 0 spiro atoms. The molecular weight excluding hydrogens is 380 g/mol. The first-order valence-corrected chi connectivity index (χ1v) is 11.4. The van der Waals surface area contributed by atoms with Crippen LogP contribution < -0.4 is 0 Å². The molecule has 0 bridgehead atoms. The zero-order valence-electron chi connectivity index (χ0n) is 15.1. The van der Waals surface area contributed by atoms with Crippen molar-refractivity contribution >= 4 is 21.6 Å². The highest BCUT2D eigenvalue weighted by Crippen LogP contribution is 2.51. The summed E-state index contributed by atoms with van der Waals surface area (Å²) in [6.07, 6.45) is 1.23. The van der Waals surface area contributed by atoms with Gasteiger partial charge in [0.2, 0.25) is 10.0 Å². The highest BCUT2D eigenvalue weighted by Gasteiger charge is 2.47. The third-order valence-corrected chi connectivity index (χ3v) is 8.74. The van der Waals surface area contributed by atoms with Gasteiger partial charge in [0.1, 0.15) is 0 Å². The summed E-state index contributed by atoms with van der Waals surface area (Å²) in [6.45, 7) is 4.05. The van der Waals surface area contributed by atoms with Crippen molar-refractivity contribution in [2.24, 2.45) is 11.8 Å². The molecular formula is C21H23ClN2O2S. The lowest BCUT2D eigenvalue weighted by Gasteiger charge is -2.40. The summed E-state index contributed by atoms with van der Waals surface area (Å²) in [5.74, 6) is 2.06. The molecule has 0 amide bonds. The van der Waals surface area contributed by atoms with Gasteiger partial charge in [-0.05, 0) is 53.5 Å². The first-order valence-electron chi connectivity index (χ1n) is 9.58. The number of nitrogens with zero attached hydrogens (tertiary/aromatic N) is 2. The van der Waals surface area contributed by atoms with E-state index in [0.717, 1.165) is 36.1 Å². The van der Waals surface area contributed by atoms with Crippen LogP contribution in [-0.2, 0) is 16.6 Å². The topological polar surface area (TPSA) is 40.6 Å². The number of sulfonamides is 1. The third kappa shape index (κ3) is 3.01. The Morgan fingerprint density at radius 3 is 2.56 bits per heavy atom. The fraction of sp³-hybridized carbons (Fsp3) is 0.429. The lowest BCUT2D eigenvalue weighted by atomic mass is 9.64. The van der Waals surface area contributed by atoms with Crippen molar-refractivity contribution in [3.8, 4) is 0 Å². The van der Waals surface area contributed by atoms with Crippen LogP contribution in [0.25, 0.3) is 0 Å². The average molecular weight is 403 g/mol. The van der Waals surface area contributed by atoms with E-state index in [0.29, 0.717) is 29.8 Å². The van der Waals surface area contributed by atoms with Gasteiger partial charge in [-0.1, -0.05) is 41.9 Å². The maximum absolute atomic E-state index is 12.7. The Balaban J connectivity index is 1.20. The van der Waals surface area contributed by atoms with Gasteiger partial charge in [0.15, 0.2) is 0 Å². The van der Waals surface area contributed by atoms with E-state index in [9.17, 15) is 8.42 Å². The van der Waals surface area contributed by atoms with E-state index < -0.39 is 10.0 Å². The number of hydrogen-bond donors (Lipinski definition) is 0. The van der Waals surface area contributed by atoms with Gasteiger partial charge in [-0.25, -0.2) is 8.42 Å². The zero-order valence-corrected chi connectivity index (χ0v) is 16.7. The van der Waals surface area contributed by atoms with Crippen LogP contribution in [-0.4, -0.2) is 43.8 Å². The maximum atomic E-state index is 12.7. The molecule has 0 N–H and O–H groups in total. The molecule has 2 aromatic rings. The Hall–Kier alpha value is -1.40. The van der Waals surface area contributed by atoms with Crippen LogP contribution >= 0.6 is 11.6 Å². The molecule has 0 radical (unpaired) electrons. The minimum absolute atomic E-state index is 0.481. The van der Waals surface area contributed by atoms with Gasteiger partial charge in [0.05, 0.1) is 4.90 Å². The van der Waals surface area contributed by atoms with E-state index >= 15 is 0 Å². The lowest BCUT2D eigenvalue weighted by Crippen LogP contribution is -2.34. The summed E-state index contributed by atoms with van der Waals surface area (Å²) in [4.78, 5) is 2.93. The molecule has 6 heteroatoms. The van der Waals surface area contributed by atoms with Crippen molar-refractivity contribution in [2.75, 3.05) is 26.2 Å². The largest absolute Gasteiger partial charge is 0.301 e. The van der Waals surface area contributed by atoms with E-state index in [1.807, 2.05) is 24.3 Å². The van der Waals surface area contributed by atoms with E-state index in [2.05, 4.69) is 17.0 Å². The molecule has 2 fully saturated rings. The van der Waals surface area contributed by atoms with Gasteiger partial charge < -0.3 is 4.90 Å². The highest BCUT2D eigenvalue weighted by atomic mass is 35.5. The Kier molecular flexibility index (Phi) is 4.32. The SMILES string of the molecule is O=S1(=O)c2ccccc2CN1CCN1C[C@H]2C[C@H](c3ccc(Cl)cc3)[C@H]2C1. The molecule has 27 heavy (non-hydrogen) atoms. The number of hydrogen-bond acceptors (Lipinski definition) is 3. The van der Waals surface area contributed by atoms with E-state index in [-0.39, 0.29) is 0 Å². The second kappa shape index (κ2) is 6.59. The fourth-order valence-corrected chi connectivity index (χ4v) is 6.78. The monoisotopic (exact) mass is 402 g/mol. The van der Waals surface area contributed by atoms with Crippen LogP contribution in [0.2, 0.25) is 5.02 Å². The summed E-state index contributed by atoms with van der Waals surface area (Å²) < 4.78 is 27.0. The molecule has 2 aliphatic heterocycles. The first kappa shape index (κ1) is 17.7. The van der Waals surface area contributed by atoms with E-state index in [1.54, 1.807) is 16.4 Å². The molecule has 2 aromatic carbocycles. The van der Waals surface area contributed by atoms with Crippen molar-refractivity contribution in [1.29, 1.82) is 0 Å². The molecule has 1 aliphatic carbocycles. The highest BCUT2D eigenvalue weighted by molar-refractivity contribution is 7.89. The second-order valence-electron chi connectivity index (χ2n) is 8.02. The van der Waals surface area contributed by atoms with Crippen LogP contribution in [0, 0.1) is 11.8 Å². The van der Waals surface area contributed by atoms with Crippen molar-refractivity contribution in [3.05, 3.63) is 64.7 Å². The quantitative estimate of drug-likeness (QED) is 0.784. The maximum Gasteiger partial charge on any atom is 0.243 e. The Bertz CT molecular complexity index is 960. The molecule has 3 atom stereocenters. The van der Waals surface area contributed by atoms with Crippen molar-refractivity contribution in [2.45, 2.75) is 23.8 Å². The zero-order chi connectivity index (χ0) is 18.6. The second-order valence-corrected chi connectivity index (χ2v) is 10.4. The standard InChI is InChI=1S/C21H23ClN2O2S/c22-18-7-5-15(6-8-18)19-11-17-12-23(14-20(17)19)9-10-24-13-16-3-1-2-4-21(16)27(24,25)26/h1-8,17,19-20H,9-14H2/t17-,19-,20+/m1/s1. The van der Waals surface area contributed by atoms with Gasteiger partial charge in [-0.3, -0.25) is 0 Å². The molecule has 1 saturated carbocycles. The molecule has 4 nitrogen and oxygen atoms in total. The van der Waals surface area contributed by atoms with Crippen molar-refractivity contribution in [1.82, 2.24) is 9.21 Å². The van der Waals surface area contributed by atoms with Crippen molar-refractivity contribution < 1.29 is 8.42 Å². The lowest BCUT2D eigenvalue weighted by molar-refractivity contribution is 0.191. The minimum atomic E-state index is -3.31. The molecule has 142 valence electrons. The van der Waals surface area contributed by atoms with E-state index in [1.165, 1.54) is 12.0 Å². The minimum Gasteiger partial charge on any atom is -0.301 e. The van der Waals surface area contributed by atoms with Crippen LogP contribution in [0.1, 0.15) is 23.5 Å². The molecule has 1 saturated heterocycles. The summed E-state index contributed by atoms with van der Waals surface area (Å²) >= 11 is 6.01. The molecule has 3 aliphatic rings.